The van der Waals surface area contributed by atoms with Crippen molar-refractivity contribution < 1.29 is 27.2 Å². The highest BCUT2D eigenvalue weighted by molar-refractivity contribution is 7.89. The van der Waals surface area contributed by atoms with Gasteiger partial charge in [-0.05, 0) is 37.1 Å². The predicted octanol–water partition coefficient (Wildman–Crippen LogP) is 3.16. The first-order valence-electron chi connectivity index (χ1n) is 9.91. The van der Waals surface area contributed by atoms with Gasteiger partial charge in [-0.2, -0.15) is 0 Å². The van der Waals surface area contributed by atoms with Gasteiger partial charge < -0.3 is 14.0 Å². The fourth-order valence-corrected chi connectivity index (χ4v) is 4.27. The third-order valence-corrected chi connectivity index (χ3v) is 6.34. The topological polar surface area (TPSA) is 108 Å². The highest BCUT2D eigenvalue weighted by atomic mass is 32.2. The molecule has 4 rings (SSSR count). The van der Waals surface area contributed by atoms with Crippen LogP contribution in [0.2, 0.25) is 0 Å². The Hall–Kier alpha value is -3.01. The second-order valence-corrected chi connectivity index (χ2v) is 8.90. The molecule has 1 aliphatic rings. The lowest BCUT2D eigenvalue weighted by atomic mass is 10.1. The van der Waals surface area contributed by atoms with E-state index in [1.807, 2.05) is 30.3 Å². The van der Waals surface area contributed by atoms with Gasteiger partial charge in [-0.15, -0.1) is 0 Å². The summed E-state index contributed by atoms with van der Waals surface area (Å²) in [6, 6.07) is 16.8. The first-order chi connectivity index (χ1) is 15.0. The van der Waals surface area contributed by atoms with E-state index in [9.17, 15) is 13.2 Å². The van der Waals surface area contributed by atoms with Crippen molar-refractivity contribution in [1.29, 1.82) is 0 Å². The second kappa shape index (κ2) is 9.42. The van der Waals surface area contributed by atoms with Crippen LogP contribution in [0, 0.1) is 0 Å². The number of ether oxygens (including phenoxy) is 2. The van der Waals surface area contributed by atoms with Gasteiger partial charge in [0.25, 0.3) is 0 Å². The van der Waals surface area contributed by atoms with Crippen molar-refractivity contribution in [3.63, 3.8) is 0 Å². The summed E-state index contributed by atoms with van der Waals surface area (Å²) in [6.45, 7) is 0.806. The van der Waals surface area contributed by atoms with Gasteiger partial charge in [0.15, 0.2) is 12.4 Å². The van der Waals surface area contributed by atoms with Crippen LogP contribution in [0.3, 0.4) is 0 Å². The third kappa shape index (κ3) is 5.38. The van der Waals surface area contributed by atoms with Gasteiger partial charge >= 0.3 is 5.97 Å². The molecule has 3 aromatic rings. The minimum Gasteiger partial charge on any atom is -0.454 e. The van der Waals surface area contributed by atoms with E-state index in [4.69, 9.17) is 14.0 Å². The fourth-order valence-electron chi connectivity index (χ4n) is 3.21. The molecule has 31 heavy (non-hydrogen) atoms. The Bertz CT molecular complexity index is 1120. The maximum Gasteiger partial charge on any atom is 0.338 e. The molecule has 1 unspecified atom stereocenters. The van der Waals surface area contributed by atoms with Gasteiger partial charge in [0.2, 0.25) is 10.0 Å². The molecule has 1 saturated heterocycles. The minimum absolute atomic E-state index is 0.0739. The standard InChI is InChI=1S/C22H22N2O6S/c25-22(29-15-19-13-21(24-30-19)16-5-2-1-3-6-16)17-8-10-20(11-9-17)31(26,27)23-14-18-7-4-12-28-18/h1-3,5-6,8-11,13,18,23H,4,7,12,14-15H2. The second-order valence-electron chi connectivity index (χ2n) is 7.13. The molecule has 2 aromatic carbocycles. The monoisotopic (exact) mass is 442 g/mol. The van der Waals surface area contributed by atoms with Gasteiger partial charge in [0, 0.05) is 24.8 Å². The maximum atomic E-state index is 12.4. The summed E-state index contributed by atoms with van der Waals surface area (Å²) in [4.78, 5) is 12.4. The average Bonchev–Trinajstić information content (AvgIpc) is 3.49. The molecule has 1 aromatic heterocycles. The molecule has 0 spiro atoms. The lowest BCUT2D eigenvalue weighted by molar-refractivity contribution is 0.0437. The summed E-state index contributed by atoms with van der Waals surface area (Å²) in [5, 5.41) is 3.97. The Kier molecular flexibility index (Phi) is 6.45. The van der Waals surface area contributed by atoms with Gasteiger partial charge in [-0.3, -0.25) is 0 Å². The maximum absolute atomic E-state index is 12.4. The van der Waals surface area contributed by atoms with Crippen molar-refractivity contribution in [2.75, 3.05) is 13.2 Å². The van der Waals surface area contributed by atoms with E-state index in [1.165, 1.54) is 24.3 Å². The number of hydrogen-bond acceptors (Lipinski definition) is 7. The van der Waals surface area contributed by atoms with Crippen LogP contribution in [0.25, 0.3) is 11.3 Å². The SMILES string of the molecule is O=C(OCc1cc(-c2ccccc2)no1)c1ccc(S(=O)(=O)NCC2CCCO2)cc1. The first-order valence-corrected chi connectivity index (χ1v) is 11.4. The molecule has 0 aliphatic carbocycles. The number of esters is 1. The number of carbonyl (C=O) groups is 1. The highest BCUT2D eigenvalue weighted by Crippen LogP contribution is 2.19. The van der Waals surface area contributed by atoms with E-state index in [1.54, 1.807) is 6.07 Å². The molecule has 0 bridgehead atoms. The molecule has 0 radical (unpaired) electrons. The minimum atomic E-state index is -3.67. The largest absolute Gasteiger partial charge is 0.454 e. The van der Waals surface area contributed by atoms with Crippen LogP contribution >= 0.6 is 0 Å². The zero-order valence-electron chi connectivity index (χ0n) is 16.7. The highest BCUT2D eigenvalue weighted by Gasteiger charge is 2.21. The Morgan fingerprint density at radius 1 is 1.13 bits per heavy atom. The number of carbonyl (C=O) groups excluding carboxylic acids is 1. The zero-order chi connectivity index (χ0) is 21.7. The molecule has 0 amide bonds. The number of sulfonamides is 1. The van der Waals surface area contributed by atoms with Crippen LogP contribution in [0.4, 0.5) is 0 Å². The Morgan fingerprint density at radius 2 is 1.90 bits per heavy atom. The Labute approximate surface area is 180 Å². The van der Waals surface area contributed by atoms with Crippen LogP contribution < -0.4 is 4.72 Å². The summed E-state index contributed by atoms with van der Waals surface area (Å²) < 4.78 is 43.2. The van der Waals surface area contributed by atoms with E-state index >= 15 is 0 Å². The van der Waals surface area contributed by atoms with Crippen molar-refractivity contribution in [2.45, 2.75) is 30.4 Å². The lowest BCUT2D eigenvalue weighted by Crippen LogP contribution is -2.31. The smallest absolute Gasteiger partial charge is 0.338 e. The average molecular weight is 442 g/mol. The van der Waals surface area contributed by atoms with E-state index in [2.05, 4.69) is 9.88 Å². The molecule has 1 fully saturated rings. The number of nitrogens with one attached hydrogen (secondary N) is 1. The normalized spacial score (nSPS) is 16.3. The summed E-state index contributed by atoms with van der Waals surface area (Å²) in [5.41, 5.74) is 1.78. The summed E-state index contributed by atoms with van der Waals surface area (Å²) in [7, 11) is -3.67. The van der Waals surface area contributed by atoms with Crippen molar-refractivity contribution >= 4 is 16.0 Å². The zero-order valence-corrected chi connectivity index (χ0v) is 17.5. The summed E-state index contributed by atoms with van der Waals surface area (Å²) in [5.74, 6) is -0.182. The number of nitrogens with zero attached hydrogens (tertiary/aromatic N) is 1. The summed E-state index contributed by atoms with van der Waals surface area (Å²) >= 11 is 0. The lowest BCUT2D eigenvalue weighted by Gasteiger charge is -2.11. The van der Waals surface area contributed by atoms with Gasteiger partial charge in [0.1, 0.15) is 5.69 Å². The first kappa shape index (κ1) is 21.2. The van der Waals surface area contributed by atoms with E-state index in [0.29, 0.717) is 18.1 Å². The molecule has 8 nitrogen and oxygen atoms in total. The number of benzene rings is 2. The Balaban J connectivity index is 1.32. The Morgan fingerprint density at radius 3 is 2.61 bits per heavy atom. The van der Waals surface area contributed by atoms with Crippen LogP contribution in [0.1, 0.15) is 29.0 Å². The van der Waals surface area contributed by atoms with Crippen molar-refractivity contribution in [3.05, 3.63) is 72.0 Å². The predicted molar refractivity (Wildman–Crippen MR) is 112 cm³/mol. The van der Waals surface area contributed by atoms with Crippen LogP contribution in [-0.4, -0.2) is 38.8 Å². The number of aromatic nitrogens is 1. The van der Waals surface area contributed by atoms with Crippen molar-refractivity contribution in [3.8, 4) is 11.3 Å². The summed E-state index contributed by atoms with van der Waals surface area (Å²) in [6.07, 6.45) is 1.68. The van der Waals surface area contributed by atoms with Gasteiger partial charge in [0.05, 0.1) is 16.6 Å². The third-order valence-electron chi connectivity index (χ3n) is 4.90. The van der Waals surface area contributed by atoms with E-state index in [0.717, 1.165) is 18.4 Å². The number of hydrogen-bond donors (Lipinski definition) is 1. The quantitative estimate of drug-likeness (QED) is 0.534. The van der Waals surface area contributed by atoms with Crippen molar-refractivity contribution in [2.24, 2.45) is 0 Å². The fraction of sp³-hybridized carbons (Fsp3) is 0.273. The van der Waals surface area contributed by atoms with Crippen LogP contribution in [0.15, 0.2) is 70.1 Å². The van der Waals surface area contributed by atoms with E-state index < -0.39 is 16.0 Å². The van der Waals surface area contributed by atoms with Crippen LogP contribution in [0.5, 0.6) is 0 Å². The molecule has 1 N–H and O–H groups in total. The van der Waals surface area contributed by atoms with Crippen LogP contribution in [-0.2, 0) is 26.1 Å². The molecule has 9 heteroatoms. The molecule has 2 heterocycles. The van der Waals surface area contributed by atoms with Gasteiger partial charge in [-0.25, -0.2) is 17.9 Å². The molecule has 1 aliphatic heterocycles. The molecular formula is C22H22N2O6S. The molecule has 162 valence electrons. The molecule has 0 saturated carbocycles. The molecule has 1 atom stereocenters. The number of rotatable bonds is 8. The van der Waals surface area contributed by atoms with Crippen molar-refractivity contribution in [1.82, 2.24) is 9.88 Å². The molecular weight excluding hydrogens is 420 g/mol. The van der Waals surface area contributed by atoms with Gasteiger partial charge in [-0.1, -0.05) is 35.5 Å². The van der Waals surface area contributed by atoms with E-state index in [-0.39, 0.29) is 29.7 Å².